The van der Waals surface area contributed by atoms with E-state index in [1.165, 1.54) is 11.1 Å². The molecular formula is C29H26ClN2O. The van der Waals surface area contributed by atoms with Gasteiger partial charge in [-0.25, -0.2) is 0 Å². The van der Waals surface area contributed by atoms with Crippen LogP contribution in [0.1, 0.15) is 40.2 Å². The summed E-state index contributed by atoms with van der Waals surface area (Å²) >= 11 is 6.30. The van der Waals surface area contributed by atoms with Gasteiger partial charge in [-0.2, -0.15) is 5.10 Å². The number of aromatic nitrogens is 2. The number of halogens is 1. The molecule has 3 aromatic carbocycles. The van der Waals surface area contributed by atoms with E-state index in [1.807, 2.05) is 41.2 Å². The second-order valence-corrected chi connectivity index (χ2v) is 9.16. The molecule has 0 fully saturated rings. The molecule has 0 N–H and O–H groups in total. The first-order valence-electron chi connectivity index (χ1n) is 11.4. The number of benzene rings is 3. The van der Waals surface area contributed by atoms with Crippen molar-refractivity contribution in [3.63, 3.8) is 0 Å². The molecule has 33 heavy (non-hydrogen) atoms. The molecular weight excluding hydrogens is 428 g/mol. The van der Waals surface area contributed by atoms with Crippen LogP contribution in [0.2, 0.25) is 5.02 Å². The number of nitrogens with zero attached hydrogens (tertiary/aromatic N) is 2. The average Bonchev–Trinajstić information content (AvgIpc) is 3.28. The molecule has 1 aromatic heterocycles. The van der Waals surface area contributed by atoms with Crippen LogP contribution in [0.4, 0.5) is 0 Å². The molecule has 0 amide bonds. The Morgan fingerprint density at radius 1 is 1.00 bits per heavy atom. The number of rotatable bonds is 6. The summed E-state index contributed by atoms with van der Waals surface area (Å²) in [5, 5.41) is 17.4. The third-order valence-electron chi connectivity index (χ3n) is 6.48. The molecule has 0 spiro atoms. The Morgan fingerprint density at radius 2 is 1.82 bits per heavy atom. The van der Waals surface area contributed by atoms with Crippen molar-refractivity contribution >= 4 is 11.6 Å². The quantitative estimate of drug-likeness (QED) is 0.284. The average molecular weight is 454 g/mol. The maximum Gasteiger partial charge on any atom is 0.182 e. The van der Waals surface area contributed by atoms with Crippen LogP contribution in [0.5, 0.6) is 5.75 Å². The fourth-order valence-electron chi connectivity index (χ4n) is 4.86. The minimum absolute atomic E-state index is 0.0822. The lowest BCUT2D eigenvalue weighted by Gasteiger charge is -2.22. The summed E-state index contributed by atoms with van der Waals surface area (Å²) in [6, 6.07) is 24.2. The number of hydrogen-bond donors (Lipinski definition) is 0. The van der Waals surface area contributed by atoms with Crippen molar-refractivity contribution in [2.75, 3.05) is 0 Å². The summed E-state index contributed by atoms with van der Waals surface area (Å²) < 4.78 is 1.98. The first-order valence-corrected chi connectivity index (χ1v) is 11.8. The third kappa shape index (κ3) is 4.89. The van der Waals surface area contributed by atoms with E-state index in [1.54, 1.807) is 6.07 Å². The van der Waals surface area contributed by atoms with E-state index < -0.39 is 0 Å². The lowest BCUT2D eigenvalue weighted by molar-refractivity contribution is 0.345. The van der Waals surface area contributed by atoms with E-state index in [-0.39, 0.29) is 11.7 Å². The monoisotopic (exact) mass is 453 g/mol. The molecule has 5 rings (SSSR count). The minimum atomic E-state index is 0.0822. The molecule has 1 radical (unpaired) electrons. The normalized spacial score (nSPS) is 16.6. The van der Waals surface area contributed by atoms with Crippen LogP contribution >= 0.6 is 11.6 Å². The Balaban J connectivity index is 1.31. The molecule has 2 unspecified atom stereocenters. The van der Waals surface area contributed by atoms with E-state index >= 15 is 0 Å². The molecule has 165 valence electrons. The van der Waals surface area contributed by atoms with Crippen molar-refractivity contribution in [2.45, 2.75) is 31.7 Å². The van der Waals surface area contributed by atoms with Crippen LogP contribution in [0.25, 0.3) is 0 Å². The van der Waals surface area contributed by atoms with Crippen molar-refractivity contribution in [3.8, 4) is 5.75 Å². The van der Waals surface area contributed by atoms with Crippen LogP contribution in [0.15, 0.2) is 97.3 Å². The Morgan fingerprint density at radius 3 is 2.67 bits per heavy atom. The number of fused-ring (bicyclic) bond motifs is 1. The summed E-state index contributed by atoms with van der Waals surface area (Å²) in [6.07, 6.45) is 11.4. The molecule has 2 atom stereocenters. The van der Waals surface area contributed by atoms with E-state index in [2.05, 4.69) is 59.8 Å². The summed E-state index contributed by atoms with van der Waals surface area (Å²) in [4.78, 5) is 0. The Kier molecular flexibility index (Phi) is 6.32. The molecule has 0 aliphatic heterocycles. The lowest BCUT2D eigenvalue weighted by Crippen LogP contribution is -2.12. The maximum atomic E-state index is 12.0. The molecule has 4 aromatic rings. The van der Waals surface area contributed by atoms with Crippen LogP contribution in [0, 0.1) is 5.92 Å². The summed E-state index contributed by atoms with van der Waals surface area (Å²) in [5.74, 6) is 0.739. The summed E-state index contributed by atoms with van der Waals surface area (Å²) in [6.45, 7) is 0.724. The van der Waals surface area contributed by atoms with Gasteiger partial charge in [0.2, 0.25) is 0 Å². The van der Waals surface area contributed by atoms with E-state index in [0.29, 0.717) is 5.92 Å². The highest BCUT2D eigenvalue weighted by Gasteiger charge is 2.20. The minimum Gasteiger partial charge on any atom is -0.290 e. The topological polar surface area (TPSA) is 37.7 Å². The first-order chi connectivity index (χ1) is 16.2. The SMILES string of the molecule is [O]c1cccc2c1CCC(C=CCn1cc(C(c3ccccc3)c3cccc(Cl)c3)cn1)C2. The van der Waals surface area contributed by atoms with E-state index in [9.17, 15) is 5.11 Å². The van der Waals surface area contributed by atoms with Crippen molar-refractivity contribution < 1.29 is 5.11 Å². The predicted molar refractivity (Wildman–Crippen MR) is 132 cm³/mol. The van der Waals surface area contributed by atoms with Crippen LogP contribution in [-0.2, 0) is 24.5 Å². The van der Waals surface area contributed by atoms with Gasteiger partial charge in [0.15, 0.2) is 5.75 Å². The molecule has 1 heterocycles. The number of hydrogen-bond acceptors (Lipinski definition) is 1. The van der Waals surface area contributed by atoms with Gasteiger partial charge < -0.3 is 0 Å². The van der Waals surface area contributed by atoms with Gasteiger partial charge in [0.25, 0.3) is 0 Å². The molecule has 0 bridgehead atoms. The second-order valence-electron chi connectivity index (χ2n) is 8.72. The maximum absolute atomic E-state index is 12.0. The second kappa shape index (κ2) is 9.68. The molecule has 0 saturated carbocycles. The van der Waals surface area contributed by atoms with E-state index in [4.69, 9.17) is 11.6 Å². The third-order valence-corrected chi connectivity index (χ3v) is 6.71. The zero-order chi connectivity index (χ0) is 22.6. The van der Waals surface area contributed by atoms with Gasteiger partial charge in [0.05, 0.1) is 12.7 Å². The van der Waals surface area contributed by atoms with Gasteiger partial charge in [-0.05, 0) is 60.1 Å². The van der Waals surface area contributed by atoms with Gasteiger partial charge in [-0.3, -0.25) is 9.79 Å². The summed E-state index contributed by atoms with van der Waals surface area (Å²) in [7, 11) is 0. The van der Waals surface area contributed by atoms with Crippen LogP contribution in [-0.4, -0.2) is 9.78 Å². The fourth-order valence-corrected chi connectivity index (χ4v) is 5.06. The summed E-state index contributed by atoms with van der Waals surface area (Å²) in [5.41, 5.74) is 5.73. The zero-order valence-electron chi connectivity index (χ0n) is 18.4. The van der Waals surface area contributed by atoms with Crippen molar-refractivity contribution in [3.05, 3.63) is 130 Å². The zero-order valence-corrected chi connectivity index (χ0v) is 19.2. The van der Waals surface area contributed by atoms with Crippen molar-refractivity contribution in [2.24, 2.45) is 5.92 Å². The Hall–Kier alpha value is -3.30. The molecule has 1 aliphatic carbocycles. The molecule has 4 heteroatoms. The van der Waals surface area contributed by atoms with Crippen molar-refractivity contribution in [1.82, 2.24) is 9.78 Å². The van der Waals surface area contributed by atoms with Gasteiger partial charge >= 0.3 is 0 Å². The standard InChI is InChI=1S/C29H26ClN2O/c30-26-12-4-11-24(18-26)29(22-8-2-1-3-9-22)25-19-31-32(20-25)16-6-7-21-14-15-27-23(17-21)10-5-13-28(27)33/h1-13,18-21,29H,14-17H2. The highest BCUT2D eigenvalue weighted by atomic mass is 35.5. The number of allylic oxidation sites excluding steroid dienone is 2. The predicted octanol–water partition coefficient (Wildman–Crippen LogP) is 7.22. The Bertz CT molecular complexity index is 1260. The molecule has 3 nitrogen and oxygen atoms in total. The van der Waals surface area contributed by atoms with Gasteiger partial charge in [0, 0.05) is 28.3 Å². The van der Waals surface area contributed by atoms with Crippen molar-refractivity contribution in [1.29, 1.82) is 0 Å². The largest absolute Gasteiger partial charge is 0.290 e. The molecule has 0 saturated heterocycles. The smallest absolute Gasteiger partial charge is 0.182 e. The van der Waals surface area contributed by atoms with Crippen LogP contribution < -0.4 is 0 Å². The first kappa shape index (κ1) is 21.5. The molecule has 1 aliphatic rings. The fraction of sp³-hybridized carbons (Fsp3) is 0.207. The highest BCUT2D eigenvalue weighted by molar-refractivity contribution is 6.30. The van der Waals surface area contributed by atoms with Gasteiger partial charge in [0.1, 0.15) is 0 Å². The van der Waals surface area contributed by atoms with Gasteiger partial charge in [-0.1, -0.05) is 78.4 Å². The van der Waals surface area contributed by atoms with E-state index in [0.717, 1.165) is 47.5 Å². The Labute approximate surface area is 200 Å². The highest BCUT2D eigenvalue weighted by Crippen LogP contribution is 2.34. The lowest BCUT2D eigenvalue weighted by atomic mass is 9.83. The van der Waals surface area contributed by atoms with Gasteiger partial charge in [-0.15, -0.1) is 0 Å². The van der Waals surface area contributed by atoms with Crippen LogP contribution in [0.3, 0.4) is 0 Å².